The summed E-state index contributed by atoms with van der Waals surface area (Å²) in [5, 5.41) is 4.04. The van der Waals surface area contributed by atoms with Gasteiger partial charge in [-0.25, -0.2) is 0 Å². The Morgan fingerprint density at radius 3 is 1.88 bits per heavy atom. The van der Waals surface area contributed by atoms with Gasteiger partial charge in [-0.1, -0.05) is 23.1 Å². The highest BCUT2D eigenvalue weighted by atomic mass is 32.2. The summed E-state index contributed by atoms with van der Waals surface area (Å²) < 4.78 is 86.5. The van der Waals surface area contributed by atoms with Crippen LogP contribution >= 0.6 is 23.1 Å². The summed E-state index contributed by atoms with van der Waals surface area (Å²) in [5.74, 6) is -11.6. The summed E-state index contributed by atoms with van der Waals surface area (Å²) in [6.07, 6.45) is -4.97. The summed E-state index contributed by atoms with van der Waals surface area (Å²) in [6.45, 7) is 0. The zero-order chi connectivity index (χ0) is 13.5. The first-order chi connectivity index (χ1) is 7.54. The number of aromatic nitrogens is 2. The molecule has 0 amide bonds. The lowest BCUT2D eigenvalue weighted by molar-refractivity contribution is -0.359. The fourth-order valence-electron chi connectivity index (χ4n) is 0.731. The molecule has 98 valence electrons. The minimum absolute atomic E-state index is 0.00646. The molecule has 0 aliphatic rings. The van der Waals surface area contributed by atoms with Crippen molar-refractivity contribution in [1.29, 1.82) is 0 Å². The Kier molecular flexibility index (Phi) is 3.63. The molecule has 17 heavy (non-hydrogen) atoms. The maximum atomic E-state index is 13.0. The number of rotatable bonds is 3. The van der Waals surface area contributed by atoms with Gasteiger partial charge in [0.2, 0.25) is 0 Å². The first kappa shape index (κ1) is 14.5. The van der Waals surface area contributed by atoms with Gasteiger partial charge in [-0.2, -0.15) is 30.7 Å². The van der Waals surface area contributed by atoms with Gasteiger partial charge in [0, 0.05) is 0 Å². The van der Waals surface area contributed by atoms with E-state index in [1.807, 2.05) is 0 Å². The van der Waals surface area contributed by atoms with Gasteiger partial charge in [-0.15, -0.1) is 10.2 Å². The topological polar surface area (TPSA) is 25.8 Å². The van der Waals surface area contributed by atoms with Crippen LogP contribution in [-0.2, 0) is 5.92 Å². The molecule has 1 aromatic rings. The van der Waals surface area contributed by atoms with Crippen LogP contribution < -0.4 is 0 Å². The average molecular weight is 300 g/mol. The third kappa shape index (κ3) is 2.34. The quantitative estimate of drug-likeness (QED) is 0.630. The van der Waals surface area contributed by atoms with Crippen LogP contribution in [0.25, 0.3) is 0 Å². The normalized spacial score (nSPS) is 14.1. The van der Waals surface area contributed by atoms with Crippen LogP contribution in [0.1, 0.15) is 5.01 Å². The van der Waals surface area contributed by atoms with Crippen molar-refractivity contribution in [3.63, 3.8) is 0 Å². The first-order valence-corrected chi connectivity index (χ1v) is 5.78. The Hall–Kier alpha value is -0.580. The van der Waals surface area contributed by atoms with Gasteiger partial charge in [0.05, 0.1) is 0 Å². The molecule has 1 rings (SSSR count). The van der Waals surface area contributed by atoms with E-state index in [1.165, 1.54) is 6.26 Å². The van der Waals surface area contributed by atoms with Crippen molar-refractivity contribution in [2.75, 3.05) is 6.26 Å². The SMILES string of the molecule is CSc1nnc(C(F)(F)C(F)(F)C(F)(F)F)s1. The van der Waals surface area contributed by atoms with E-state index in [9.17, 15) is 30.7 Å². The summed E-state index contributed by atoms with van der Waals surface area (Å²) in [6, 6.07) is 0. The molecule has 2 nitrogen and oxygen atoms in total. The van der Waals surface area contributed by atoms with Crippen molar-refractivity contribution in [1.82, 2.24) is 10.2 Å². The highest BCUT2D eigenvalue weighted by Crippen LogP contribution is 2.52. The number of nitrogens with zero attached hydrogens (tertiary/aromatic N) is 2. The number of halogens is 7. The highest BCUT2D eigenvalue weighted by Gasteiger charge is 2.75. The van der Waals surface area contributed by atoms with Crippen LogP contribution in [0, 0.1) is 0 Å². The number of alkyl halides is 7. The van der Waals surface area contributed by atoms with Crippen molar-refractivity contribution >= 4 is 23.1 Å². The number of hydrogen-bond donors (Lipinski definition) is 0. The molecule has 11 heteroatoms. The van der Waals surface area contributed by atoms with Gasteiger partial charge in [-0.05, 0) is 6.26 Å². The lowest BCUT2D eigenvalue weighted by Crippen LogP contribution is -2.50. The molecule has 0 saturated heterocycles. The van der Waals surface area contributed by atoms with Gasteiger partial charge >= 0.3 is 18.0 Å². The Labute approximate surface area is 98.2 Å². The molecular weight excluding hydrogens is 297 g/mol. The molecule has 0 N–H and O–H groups in total. The third-order valence-electron chi connectivity index (χ3n) is 1.60. The van der Waals surface area contributed by atoms with Crippen LogP contribution in [0.15, 0.2) is 4.34 Å². The minimum atomic E-state index is -6.36. The van der Waals surface area contributed by atoms with Gasteiger partial charge in [0.25, 0.3) is 0 Å². The van der Waals surface area contributed by atoms with Crippen LogP contribution in [-0.4, -0.2) is 28.6 Å². The zero-order valence-corrected chi connectivity index (χ0v) is 9.49. The monoisotopic (exact) mass is 300 g/mol. The summed E-state index contributed by atoms with van der Waals surface area (Å²) in [5.41, 5.74) is 0. The molecular formula is C6H3F7N2S2. The molecule has 0 bridgehead atoms. The standard InChI is InChI=1S/C6H3F7N2S2/c1-16-3-15-14-2(17-3)4(7,8)5(9,10)6(11,12)13/h1H3. The molecule has 1 heterocycles. The second-order valence-corrected chi connectivity index (χ2v) is 4.75. The molecule has 0 unspecified atom stereocenters. The molecule has 0 aliphatic carbocycles. The Morgan fingerprint density at radius 1 is 1.00 bits per heavy atom. The third-order valence-corrected chi connectivity index (χ3v) is 3.57. The molecule has 1 aromatic heterocycles. The fourth-order valence-corrected chi connectivity index (χ4v) is 2.01. The lowest BCUT2D eigenvalue weighted by atomic mass is 10.2. The first-order valence-electron chi connectivity index (χ1n) is 3.74. The van der Waals surface area contributed by atoms with Crippen molar-refractivity contribution in [2.45, 2.75) is 22.4 Å². The van der Waals surface area contributed by atoms with E-state index in [0.717, 1.165) is 11.8 Å². The van der Waals surface area contributed by atoms with E-state index < -0.39 is 23.0 Å². The predicted molar refractivity (Wildman–Crippen MR) is 46.6 cm³/mol. The Balaban J connectivity index is 3.18. The Bertz CT molecular complexity index is 399. The molecule has 0 aliphatic heterocycles. The molecule has 0 radical (unpaired) electrons. The highest BCUT2D eigenvalue weighted by molar-refractivity contribution is 8.00. The number of hydrogen-bond acceptors (Lipinski definition) is 4. The van der Waals surface area contributed by atoms with Crippen molar-refractivity contribution in [3.8, 4) is 0 Å². The smallest absolute Gasteiger partial charge is 0.191 e. The molecule has 0 spiro atoms. The van der Waals surface area contributed by atoms with Crippen molar-refractivity contribution in [2.24, 2.45) is 0 Å². The van der Waals surface area contributed by atoms with Gasteiger partial charge in [0.1, 0.15) is 0 Å². The molecule has 0 saturated carbocycles. The summed E-state index contributed by atoms with van der Waals surface area (Å²) in [4.78, 5) is 0. The van der Waals surface area contributed by atoms with Crippen LogP contribution in [0.3, 0.4) is 0 Å². The largest absolute Gasteiger partial charge is 0.460 e. The van der Waals surface area contributed by atoms with E-state index in [0.29, 0.717) is 0 Å². The molecule has 0 fully saturated rings. The van der Waals surface area contributed by atoms with Crippen LogP contribution in [0.5, 0.6) is 0 Å². The van der Waals surface area contributed by atoms with Crippen molar-refractivity contribution in [3.05, 3.63) is 5.01 Å². The van der Waals surface area contributed by atoms with E-state index in [-0.39, 0.29) is 15.7 Å². The predicted octanol–water partition coefficient (Wildman–Crippen LogP) is 3.55. The van der Waals surface area contributed by atoms with E-state index in [1.54, 1.807) is 0 Å². The maximum Gasteiger partial charge on any atom is 0.460 e. The van der Waals surface area contributed by atoms with Gasteiger partial charge in [0.15, 0.2) is 9.35 Å². The average Bonchev–Trinajstić information content (AvgIpc) is 2.64. The van der Waals surface area contributed by atoms with Crippen LogP contribution in [0.4, 0.5) is 30.7 Å². The fraction of sp³-hybridized carbons (Fsp3) is 0.667. The zero-order valence-electron chi connectivity index (χ0n) is 7.86. The maximum absolute atomic E-state index is 13.0. The van der Waals surface area contributed by atoms with Gasteiger partial charge in [-0.3, -0.25) is 0 Å². The molecule has 0 atom stereocenters. The second kappa shape index (κ2) is 4.26. The van der Waals surface area contributed by atoms with E-state index in [2.05, 4.69) is 10.2 Å². The van der Waals surface area contributed by atoms with E-state index >= 15 is 0 Å². The minimum Gasteiger partial charge on any atom is -0.191 e. The van der Waals surface area contributed by atoms with Crippen molar-refractivity contribution < 1.29 is 30.7 Å². The summed E-state index contributed by atoms with van der Waals surface area (Å²) in [7, 11) is 0. The Morgan fingerprint density at radius 2 is 1.53 bits per heavy atom. The molecule has 0 aromatic carbocycles. The van der Waals surface area contributed by atoms with Crippen LogP contribution in [0.2, 0.25) is 0 Å². The number of thioether (sulfide) groups is 1. The second-order valence-electron chi connectivity index (χ2n) is 2.72. The summed E-state index contributed by atoms with van der Waals surface area (Å²) >= 11 is 0.803. The van der Waals surface area contributed by atoms with Gasteiger partial charge < -0.3 is 0 Å². The van der Waals surface area contributed by atoms with E-state index in [4.69, 9.17) is 0 Å². The lowest BCUT2D eigenvalue weighted by Gasteiger charge is -2.25.